The monoisotopic (exact) mass is 401 g/mol. The van der Waals surface area contributed by atoms with E-state index in [4.69, 9.17) is 0 Å². The van der Waals surface area contributed by atoms with Crippen LogP contribution in [0, 0.1) is 0 Å². The highest BCUT2D eigenvalue weighted by Crippen LogP contribution is 2.31. The summed E-state index contributed by atoms with van der Waals surface area (Å²) in [5.74, 6) is -0.153. The van der Waals surface area contributed by atoms with Crippen molar-refractivity contribution >= 4 is 21.6 Å². The second kappa shape index (κ2) is 8.43. The molecule has 0 saturated heterocycles. The van der Waals surface area contributed by atoms with E-state index >= 15 is 0 Å². The van der Waals surface area contributed by atoms with E-state index < -0.39 is 10.0 Å². The molecule has 2 aromatic rings. The molecule has 0 aromatic heterocycles. The first kappa shape index (κ1) is 20.5. The van der Waals surface area contributed by atoms with E-state index in [2.05, 4.69) is 27.5 Å². The Labute approximate surface area is 166 Å². The topological polar surface area (TPSA) is 87.3 Å². The first-order valence-electron chi connectivity index (χ1n) is 9.53. The fourth-order valence-corrected chi connectivity index (χ4v) is 4.71. The van der Waals surface area contributed by atoms with Crippen LogP contribution in [0.25, 0.3) is 0 Å². The number of benzene rings is 2. The van der Waals surface area contributed by atoms with E-state index in [9.17, 15) is 13.2 Å². The Kier molecular flexibility index (Phi) is 6.17. The highest BCUT2D eigenvalue weighted by molar-refractivity contribution is 7.89. The molecular formula is C21H27N3O3S. The van der Waals surface area contributed by atoms with Crippen molar-refractivity contribution in [1.82, 2.24) is 10.0 Å². The Hall–Kier alpha value is -2.22. The predicted molar refractivity (Wildman–Crippen MR) is 111 cm³/mol. The molecule has 0 heterocycles. The molecule has 7 heteroatoms. The molecule has 28 heavy (non-hydrogen) atoms. The number of sulfonamides is 1. The van der Waals surface area contributed by atoms with E-state index in [1.54, 1.807) is 26.0 Å². The normalized spacial score (nSPS) is 17.4. The van der Waals surface area contributed by atoms with Gasteiger partial charge in [-0.05, 0) is 69.0 Å². The number of hydrogen-bond donors (Lipinski definition) is 3. The molecule has 0 unspecified atom stereocenters. The standard InChI is InChI=1S/C21H27N3O3S/c1-14(2)24-28(26,27)18-11-9-17(10-12-18)23-21(25)15(3)22-20-13-8-16-6-4-5-7-19(16)20/h4-7,9-12,14-15,20,22,24H,8,13H2,1-3H3,(H,23,25)/t15-,20-/m1/s1. The van der Waals surface area contributed by atoms with Crippen molar-refractivity contribution < 1.29 is 13.2 Å². The number of hydrogen-bond acceptors (Lipinski definition) is 4. The second-order valence-corrected chi connectivity index (χ2v) is 9.18. The summed E-state index contributed by atoms with van der Waals surface area (Å²) in [6, 6.07) is 14.1. The lowest BCUT2D eigenvalue weighted by molar-refractivity contribution is -0.118. The Bertz CT molecular complexity index is 940. The number of anilines is 1. The molecule has 3 N–H and O–H groups in total. The minimum atomic E-state index is -3.54. The zero-order chi connectivity index (χ0) is 20.3. The Morgan fingerprint density at radius 2 is 1.71 bits per heavy atom. The molecule has 2 atom stereocenters. The smallest absolute Gasteiger partial charge is 0.241 e. The summed E-state index contributed by atoms with van der Waals surface area (Å²) < 4.78 is 26.9. The molecule has 3 rings (SSSR count). The number of nitrogens with one attached hydrogen (secondary N) is 3. The zero-order valence-electron chi connectivity index (χ0n) is 16.4. The summed E-state index contributed by atoms with van der Waals surface area (Å²) in [5, 5.41) is 6.24. The van der Waals surface area contributed by atoms with Crippen LogP contribution in [0.2, 0.25) is 0 Å². The summed E-state index contributed by atoms with van der Waals surface area (Å²) in [7, 11) is -3.54. The highest BCUT2D eigenvalue weighted by atomic mass is 32.2. The number of carbonyl (C=O) groups is 1. The third kappa shape index (κ3) is 4.79. The first-order valence-corrected chi connectivity index (χ1v) is 11.0. The molecule has 1 aliphatic rings. The van der Waals surface area contributed by atoms with E-state index in [-0.39, 0.29) is 28.9 Å². The minimum Gasteiger partial charge on any atom is -0.325 e. The van der Waals surface area contributed by atoms with Gasteiger partial charge in [0.05, 0.1) is 10.9 Å². The van der Waals surface area contributed by atoms with Crippen molar-refractivity contribution in [1.29, 1.82) is 0 Å². The summed E-state index contributed by atoms with van der Waals surface area (Å²) in [6.45, 7) is 5.37. The van der Waals surface area contributed by atoms with Gasteiger partial charge in [0.2, 0.25) is 15.9 Å². The van der Waals surface area contributed by atoms with Crippen molar-refractivity contribution in [3.63, 3.8) is 0 Å². The second-order valence-electron chi connectivity index (χ2n) is 7.47. The van der Waals surface area contributed by atoms with Crippen molar-refractivity contribution in [3.8, 4) is 0 Å². The number of aryl methyl sites for hydroxylation is 1. The SMILES string of the molecule is CC(C)NS(=O)(=O)c1ccc(NC(=O)[C@@H](C)N[C@@H]2CCc3ccccc32)cc1. The highest BCUT2D eigenvalue weighted by Gasteiger charge is 2.25. The van der Waals surface area contributed by atoms with Crippen molar-refractivity contribution in [3.05, 3.63) is 59.7 Å². The predicted octanol–water partition coefficient (Wildman–Crippen LogP) is 2.98. The van der Waals surface area contributed by atoms with Crippen LogP contribution in [-0.2, 0) is 21.2 Å². The van der Waals surface area contributed by atoms with Crippen LogP contribution in [-0.4, -0.2) is 26.4 Å². The van der Waals surface area contributed by atoms with Crippen molar-refractivity contribution in [2.75, 3.05) is 5.32 Å². The third-order valence-corrected chi connectivity index (χ3v) is 6.47. The number of fused-ring (bicyclic) bond motifs is 1. The minimum absolute atomic E-state index is 0.153. The van der Waals surface area contributed by atoms with Gasteiger partial charge >= 0.3 is 0 Å². The average molecular weight is 402 g/mol. The molecular weight excluding hydrogens is 374 g/mol. The molecule has 0 saturated carbocycles. The largest absolute Gasteiger partial charge is 0.325 e. The maximum atomic E-state index is 12.5. The molecule has 0 spiro atoms. The number of amides is 1. The van der Waals surface area contributed by atoms with Crippen LogP contribution in [0.1, 0.15) is 44.4 Å². The molecule has 6 nitrogen and oxygen atoms in total. The van der Waals surface area contributed by atoms with Crippen LogP contribution in [0.5, 0.6) is 0 Å². The lowest BCUT2D eigenvalue weighted by Gasteiger charge is -2.20. The maximum absolute atomic E-state index is 12.5. The van der Waals surface area contributed by atoms with Gasteiger partial charge < -0.3 is 5.32 Å². The molecule has 150 valence electrons. The van der Waals surface area contributed by atoms with Crippen molar-refractivity contribution in [2.24, 2.45) is 0 Å². The first-order chi connectivity index (χ1) is 13.3. The van der Waals surface area contributed by atoms with Gasteiger partial charge in [0.25, 0.3) is 0 Å². The summed E-state index contributed by atoms with van der Waals surface area (Å²) >= 11 is 0. The molecule has 2 aromatic carbocycles. The summed E-state index contributed by atoms with van der Waals surface area (Å²) in [6.07, 6.45) is 1.99. The molecule has 1 amide bonds. The van der Waals surface area contributed by atoms with Gasteiger partial charge in [0, 0.05) is 17.8 Å². The maximum Gasteiger partial charge on any atom is 0.241 e. The van der Waals surface area contributed by atoms with Crippen molar-refractivity contribution in [2.45, 2.75) is 56.6 Å². The van der Waals surface area contributed by atoms with Crippen LogP contribution in [0.3, 0.4) is 0 Å². The molecule has 0 aliphatic heterocycles. The van der Waals surface area contributed by atoms with Gasteiger partial charge in [-0.25, -0.2) is 13.1 Å². The van der Waals surface area contributed by atoms with Gasteiger partial charge in [-0.2, -0.15) is 0 Å². The van der Waals surface area contributed by atoms with Crippen LogP contribution >= 0.6 is 0 Å². The molecule has 0 bridgehead atoms. The summed E-state index contributed by atoms with van der Waals surface area (Å²) in [4.78, 5) is 12.7. The molecule has 0 radical (unpaired) electrons. The van der Waals surface area contributed by atoms with E-state index in [0.717, 1.165) is 12.8 Å². The number of rotatable bonds is 7. The number of carbonyl (C=O) groups excluding carboxylic acids is 1. The van der Waals surface area contributed by atoms with Gasteiger partial charge in [-0.3, -0.25) is 10.1 Å². The zero-order valence-corrected chi connectivity index (χ0v) is 17.2. The fraction of sp³-hybridized carbons (Fsp3) is 0.381. The van der Waals surface area contributed by atoms with E-state index in [0.29, 0.717) is 5.69 Å². The van der Waals surface area contributed by atoms with Gasteiger partial charge in [-0.15, -0.1) is 0 Å². The van der Waals surface area contributed by atoms with Crippen LogP contribution in [0.4, 0.5) is 5.69 Å². The van der Waals surface area contributed by atoms with Gasteiger partial charge in [0.15, 0.2) is 0 Å². The van der Waals surface area contributed by atoms with Gasteiger partial charge in [-0.1, -0.05) is 24.3 Å². The van der Waals surface area contributed by atoms with E-state index in [1.165, 1.54) is 23.3 Å². The summed E-state index contributed by atoms with van der Waals surface area (Å²) in [5.41, 5.74) is 3.16. The Morgan fingerprint density at radius 1 is 1.04 bits per heavy atom. The average Bonchev–Trinajstić information content (AvgIpc) is 3.04. The molecule has 1 aliphatic carbocycles. The van der Waals surface area contributed by atoms with Gasteiger partial charge in [0.1, 0.15) is 0 Å². The Morgan fingerprint density at radius 3 is 2.39 bits per heavy atom. The molecule has 0 fully saturated rings. The van der Waals surface area contributed by atoms with Crippen LogP contribution in [0.15, 0.2) is 53.4 Å². The lowest BCUT2D eigenvalue weighted by atomic mass is 10.1. The Balaban J connectivity index is 1.60. The lowest BCUT2D eigenvalue weighted by Crippen LogP contribution is -2.39. The van der Waals surface area contributed by atoms with E-state index in [1.807, 2.05) is 19.1 Å². The third-order valence-electron chi connectivity index (χ3n) is 4.80. The van der Waals surface area contributed by atoms with Crippen LogP contribution < -0.4 is 15.4 Å². The quantitative estimate of drug-likeness (QED) is 0.666. The fourth-order valence-electron chi connectivity index (χ4n) is 3.45.